The summed E-state index contributed by atoms with van der Waals surface area (Å²) in [5.41, 5.74) is 0.985. The summed E-state index contributed by atoms with van der Waals surface area (Å²) < 4.78 is 26.8. The topological polar surface area (TPSA) is 84.0 Å². The van der Waals surface area contributed by atoms with E-state index in [0.29, 0.717) is 5.13 Å². The van der Waals surface area contributed by atoms with Gasteiger partial charge in [-0.05, 0) is 37.7 Å². The second-order valence-electron chi connectivity index (χ2n) is 5.33. The summed E-state index contributed by atoms with van der Waals surface area (Å²) in [6, 6.07) is 6.55. The Bertz CT molecular complexity index is 785. The lowest BCUT2D eigenvalue weighted by molar-refractivity contribution is 0.593. The maximum atomic E-state index is 12.3. The number of hydrogen-bond acceptors (Lipinski definition) is 6. The standard InChI is InChI=1S/C15H20N4O2S3/c1-3-4-5-6-13-17-18-15(23-13)16-14(22)19-24(20,21)12-9-7-11(2)8-10-12/h7-10H,3-6H2,1-2H3,(H2,16,18,19,22). The van der Waals surface area contributed by atoms with Crippen LogP contribution in [0.5, 0.6) is 0 Å². The van der Waals surface area contributed by atoms with E-state index in [4.69, 9.17) is 12.2 Å². The summed E-state index contributed by atoms with van der Waals surface area (Å²) in [7, 11) is -3.70. The van der Waals surface area contributed by atoms with Crippen LogP contribution < -0.4 is 10.0 Å². The third-order valence-corrected chi connectivity index (χ3v) is 5.84. The van der Waals surface area contributed by atoms with Gasteiger partial charge in [-0.15, -0.1) is 10.2 Å². The van der Waals surface area contributed by atoms with Crippen LogP contribution >= 0.6 is 23.6 Å². The van der Waals surface area contributed by atoms with E-state index >= 15 is 0 Å². The summed E-state index contributed by atoms with van der Waals surface area (Å²) in [6.07, 6.45) is 4.23. The van der Waals surface area contributed by atoms with Crippen molar-refractivity contribution in [3.05, 3.63) is 34.8 Å². The van der Waals surface area contributed by atoms with Crippen molar-refractivity contribution >= 4 is 43.8 Å². The van der Waals surface area contributed by atoms with Gasteiger partial charge < -0.3 is 5.32 Å². The molecular weight excluding hydrogens is 364 g/mol. The van der Waals surface area contributed by atoms with E-state index in [0.717, 1.165) is 36.3 Å². The smallest absolute Gasteiger partial charge is 0.263 e. The molecule has 0 bridgehead atoms. The van der Waals surface area contributed by atoms with Gasteiger partial charge >= 0.3 is 0 Å². The van der Waals surface area contributed by atoms with E-state index in [-0.39, 0.29) is 10.0 Å². The van der Waals surface area contributed by atoms with Gasteiger partial charge in [0.2, 0.25) is 5.13 Å². The minimum atomic E-state index is -3.70. The molecule has 0 atom stereocenters. The summed E-state index contributed by atoms with van der Waals surface area (Å²) in [4.78, 5) is 0.162. The summed E-state index contributed by atoms with van der Waals surface area (Å²) in [5, 5.41) is 12.2. The Morgan fingerprint density at radius 3 is 2.58 bits per heavy atom. The molecule has 6 nitrogen and oxygen atoms in total. The van der Waals surface area contributed by atoms with Crippen LogP contribution in [0.4, 0.5) is 5.13 Å². The third-order valence-electron chi connectivity index (χ3n) is 3.24. The van der Waals surface area contributed by atoms with Crippen LogP contribution in [0.2, 0.25) is 0 Å². The Morgan fingerprint density at radius 2 is 1.92 bits per heavy atom. The van der Waals surface area contributed by atoms with Crippen LogP contribution in [-0.4, -0.2) is 23.7 Å². The largest absolute Gasteiger partial charge is 0.306 e. The van der Waals surface area contributed by atoms with Gasteiger partial charge in [-0.25, -0.2) is 8.42 Å². The van der Waals surface area contributed by atoms with E-state index in [1.807, 2.05) is 6.92 Å². The average molecular weight is 385 g/mol. The second kappa shape index (κ2) is 8.50. The number of unbranched alkanes of at least 4 members (excludes halogenated alkanes) is 2. The molecule has 2 N–H and O–H groups in total. The number of rotatable bonds is 7. The predicted octanol–water partition coefficient (Wildman–Crippen LogP) is 3.25. The van der Waals surface area contributed by atoms with Crippen molar-refractivity contribution in [2.24, 2.45) is 0 Å². The minimum Gasteiger partial charge on any atom is -0.306 e. The van der Waals surface area contributed by atoms with E-state index < -0.39 is 10.0 Å². The highest BCUT2D eigenvalue weighted by molar-refractivity contribution is 7.92. The first-order valence-corrected chi connectivity index (χ1v) is 10.3. The molecule has 9 heteroatoms. The highest BCUT2D eigenvalue weighted by Gasteiger charge is 2.16. The molecule has 0 aliphatic heterocycles. The number of nitrogens with zero attached hydrogens (tertiary/aromatic N) is 2. The van der Waals surface area contributed by atoms with Crippen molar-refractivity contribution in [2.75, 3.05) is 5.32 Å². The summed E-state index contributed by atoms with van der Waals surface area (Å²) in [5.74, 6) is 0. The molecule has 1 heterocycles. The van der Waals surface area contributed by atoms with Crippen molar-refractivity contribution in [3.63, 3.8) is 0 Å². The molecule has 2 rings (SSSR count). The Balaban J connectivity index is 1.94. The zero-order valence-corrected chi connectivity index (χ0v) is 16.0. The molecule has 1 aromatic carbocycles. The monoisotopic (exact) mass is 384 g/mol. The van der Waals surface area contributed by atoms with Crippen LogP contribution in [0.3, 0.4) is 0 Å². The maximum Gasteiger partial charge on any atom is 0.263 e. The fourth-order valence-electron chi connectivity index (χ4n) is 1.95. The van der Waals surface area contributed by atoms with Crippen molar-refractivity contribution < 1.29 is 8.42 Å². The number of aromatic nitrogens is 2. The first kappa shape index (κ1) is 18.8. The fraction of sp³-hybridized carbons (Fsp3) is 0.400. The van der Waals surface area contributed by atoms with Crippen molar-refractivity contribution in [2.45, 2.75) is 44.4 Å². The molecule has 2 aromatic rings. The number of aryl methyl sites for hydroxylation is 2. The third kappa shape index (κ3) is 5.50. The fourth-order valence-corrected chi connectivity index (χ4v) is 4.14. The van der Waals surface area contributed by atoms with E-state index in [9.17, 15) is 8.42 Å². The normalized spacial score (nSPS) is 11.2. The van der Waals surface area contributed by atoms with Gasteiger partial charge in [0.15, 0.2) is 5.11 Å². The number of nitrogens with one attached hydrogen (secondary N) is 2. The Labute approximate surface area is 151 Å². The van der Waals surface area contributed by atoms with Gasteiger partial charge in [-0.3, -0.25) is 4.72 Å². The molecule has 0 unspecified atom stereocenters. The zero-order valence-electron chi connectivity index (χ0n) is 13.6. The number of thiocarbonyl (C=S) groups is 1. The van der Waals surface area contributed by atoms with Gasteiger partial charge in [-0.2, -0.15) is 0 Å². The molecule has 0 aliphatic rings. The van der Waals surface area contributed by atoms with Crippen LogP contribution in [0.25, 0.3) is 0 Å². The molecular formula is C15H20N4O2S3. The van der Waals surface area contributed by atoms with Gasteiger partial charge in [-0.1, -0.05) is 48.8 Å². The molecule has 0 radical (unpaired) electrons. The first-order chi connectivity index (χ1) is 11.4. The van der Waals surface area contributed by atoms with Gasteiger partial charge in [0.25, 0.3) is 10.0 Å². The molecule has 0 fully saturated rings. The average Bonchev–Trinajstić information content (AvgIpc) is 2.94. The van der Waals surface area contributed by atoms with E-state index in [1.54, 1.807) is 12.1 Å². The molecule has 0 spiro atoms. The Morgan fingerprint density at radius 1 is 1.21 bits per heavy atom. The van der Waals surface area contributed by atoms with Gasteiger partial charge in [0.05, 0.1) is 4.90 Å². The van der Waals surface area contributed by atoms with Crippen LogP contribution in [0.15, 0.2) is 29.2 Å². The van der Waals surface area contributed by atoms with Crippen molar-refractivity contribution in [1.82, 2.24) is 14.9 Å². The molecule has 24 heavy (non-hydrogen) atoms. The lowest BCUT2D eigenvalue weighted by atomic mass is 10.2. The SMILES string of the molecule is CCCCCc1nnc(NC(=S)NS(=O)(=O)c2ccc(C)cc2)s1. The molecule has 0 aliphatic carbocycles. The Kier molecular flexibility index (Phi) is 6.64. The van der Waals surface area contributed by atoms with Crippen LogP contribution in [0, 0.1) is 6.92 Å². The number of hydrogen-bond donors (Lipinski definition) is 2. The van der Waals surface area contributed by atoms with Crippen molar-refractivity contribution in [1.29, 1.82) is 0 Å². The molecule has 130 valence electrons. The molecule has 0 saturated heterocycles. The molecule has 0 amide bonds. The predicted molar refractivity (Wildman–Crippen MR) is 101 cm³/mol. The molecule has 0 saturated carbocycles. The van der Waals surface area contributed by atoms with Gasteiger partial charge in [0.1, 0.15) is 5.01 Å². The zero-order chi connectivity index (χ0) is 17.6. The summed E-state index contributed by atoms with van der Waals surface area (Å²) >= 11 is 6.44. The van der Waals surface area contributed by atoms with Crippen LogP contribution in [0.1, 0.15) is 36.8 Å². The van der Waals surface area contributed by atoms with E-state index in [2.05, 4.69) is 27.2 Å². The number of benzene rings is 1. The van der Waals surface area contributed by atoms with Crippen molar-refractivity contribution in [3.8, 4) is 0 Å². The molecule has 1 aromatic heterocycles. The lowest BCUT2D eigenvalue weighted by Gasteiger charge is -2.09. The Hall–Kier alpha value is -1.58. The highest BCUT2D eigenvalue weighted by atomic mass is 32.2. The minimum absolute atomic E-state index is 0.0215. The quantitative estimate of drug-likeness (QED) is 0.563. The lowest BCUT2D eigenvalue weighted by Crippen LogP contribution is -2.34. The van der Waals surface area contributed by atoms with Gasteiger partial charge in [0, 0.05) is 6.42 Å². The first-order valence-electron chi connectivity index (χ1n) is 7.63. The second-order valence-corrected chi connectivity index (χ2v) is 8.48. The maximum absolute atomic E-state index is 12.3. The van der Waals surface area contributed by atoms with Crippen LogP contribution in [-0.2, 0) is 16.4 Å². The number of anilines is 1. The summed E-state index contributed by atoms with van der Waals surface area (Å²) in [6.45, 7) is 4.04. The van der Waals surface area contributed by atoms with E-state index in [1.165, 1.54) is 23.5 Å². The highest BCUT2D eigenvalue weighted by Crippen LogP contribution is 2.18. The number of sulfonamides is 1.